The second kappa shape index (κ2) is 6.72. The van der Waals surface area contributed by atoms with Crippen molar-refractivity contribution in [1.82, 2.24) is 5.32 Å². The van der Waals surface area contributed by atoms with Gasteiger partial charge in [0.2, 0.25) is 0 Å². The summed E-state index contributed by atoms with van der Waals surface area (Å²) < 4.78 is 1.21. The van der Waals surface area contributed by atoms with Crippen molar-refractivity contribution in [3.05, 3.63) is 33.8 Å². The Bertz CT molecular complexity index is 383. The molecule has 1 unspecified atom stereocenters. The molecule has 1 aliphatic rings. The summed E-state index contributed by atoms with van der Waals surface area (Å²) in [6, 6.07) is 7.35. The lowest BCUT2D eigenvalue weighted by Crippen LogP contribution is -2.29. The van der Waals surface area contributed by atoms with Gasteiger partial charge >= 0.3 is 0 Å². The lowest BCUT2D eigenvalue weighted by atomic mass is 9.81. The Morgan fingerprint density at radius 3 is 2.61 bits per heavy atom. The lowest BCUT2D eigenvalue weighted by molar-refractivity contribution is 0.274. The third-order valence-corrected chi connectivity index (χ3v) is 4.98. The maximum atomic E-state index is 3.70. The van der Waals surface area contributed by atoms with Crippen LogP contribution in [0.3, 0.4) is 0 Å². The molecular weight excluding hydrogens is 286 g/mol. The van der Waals surface area contributed by atoms with Crippen LogP contribution in [0.25, 0.3) is 0 Å². The van der Waals surface area contributed by atoms with Gasteiger partial charge in [0.1, 0.15) is 0 Å². The summed E-state index contributed by atoms with van der Waals surface area (Å²) >= 11 is 3.59. The Labute approximate surface area is 119 Å². The van der Waals surface area contributed by atoms with E-state index < -0.39 is 0 Å². The van der Waals surface area contributed by atoms with Gasteiger partial charge in [-0.3, -0.25) is 0 Å². The molecule has 1 aromatic carbocycles. The highest BCUT2D eigenvalue weighted by atomic mass is 79.9. The van der Waals surface area contributed by atoms with Crippen LogP contribution in [0.15, 0.2) is 22.7 Å². The second-order valence-corrected chi connectivity index (χ2v) is 6.30. The first-order valence-electron chi connectivity index (χ1n) is 7.21. The summed E-state index contributed by atoms with van der Waals surface area (Å²) in [5, 5.41) is 3.70. The van der Waals surface area contributed by atoms with Crippen molar-refractivity contribution in [1.29, 1.82) is 0 Å². The van der Waals surface area contributed by atoms with Crippen molar-refractivity contribution in [2.45, 2.75) is 52.0 Å². The molecule has 1 fully saturated rings. The van der Waals surface area contributed by atoms with Gasteiger partial charge in [-0.15, -0.1) is 0 Å². The van der Waals surface area contributed by atoms with Gasteiger partial charge < -0.3 is 5.32 Å². The molecule has 1 nitrogen and oxygen atoms in total. The largest absolute Gasteiger partial charge is 0.310 e. The Morgan fingerprint density at radius 1 is 1.28 bits per heavy atom. The normalized spacial score (nSPS) is 18.8. The van der Waals surface area contributed by atoms with E-state index >= 15 is 0 Å². The van der Waals surface area contributed by atoms with Gasteiger partial charge in [-0.1, -0.05) is 54.2 Å². The highest BCUT2D eigenvalue weighted by Gasteiger charge is 2.24. The average Bonchev–Trinajstić information content (AvgIpc) is 2.40. The van der Waals surface area contributed by atoms with Crippen molar-refractivity contribution < 1.29 is 0 Å². The lowest BCUT2D eigenvalue weighted by Gasteiger charge is -2.31. The summed E-state index contributed by atoms with van der Waals surface area (Å²) in [5.41, 5.74) is 2.80. The molecule has 0 bridgehead atoms. The molecule has 1 aromatic rings. The number of benzene rings is 1. The van der Waals surface area contributed by atoms with Gasteiger partial charge in [-0.25, -0.2) is 0 Å². The first kappa shape index (κ1) is 14.1. The molecular formula is C16H24BrN. The molecule has 0 aromatic heterocycles. The van der Waals surface area contributed by atoms with Crippen LogP contribution in [-0.2, 0) is 0 Å². The Hall–Kier alpha value is -0.340. The smallest absolute Gasteiger partial charge is 0.0348 e. The minimum atomic E-state index is 0.544. The van der Waals surface area contributed by atoms with Gasteiger partial charge in [0.25, 0.3) is 0 Å². The van der Waals surface area contributed by atoms with Crippen molar-refractivity contribution in [3.63, 3.8) is 0 Å². The summed E-state index contributed by atoms with van der Waals surface area (Å²) in [6.07, 6.45) is 7.00. The van der Waals surface area contributed by atoms with E-state index in [9.17, 15) is 0 Å². The number of rotatable bonds is 4. The highest BCUT2D eigenvalue weighted by Crippen LogP contribution is 2.35. The molecule has 1 atom stereocenters. The molecule has 1 N–H and O–H groups in total. The van der Waals surface area contributed by atoms with Crippen LogP contribution in [0.5, 0.6) is 0 Å². The van der Waals surface area contributed by atoms with Crippen LogP contribution in [0.4, 0.5) is 0 Å². The van der Waals surface area contributed by atoms with Crippen LogP contribution >= 0.6 is 15.9 Å². The quantitative estimate of drug-likeness (QED) is 0.826. The minimum Gasteiger partial charge on any atom is -0.310 e. The zero-order valence-corrected chi connectivity index (χ0v) is 13.1. The van der Waals surface area contributed by atoms with E-state index in [2.05, 4.69) is 53.3 Å². The molecule has 0 radical (unpaired) electrons. The van der Waals surface area contributed by atoms with Crippen LogP contribution in [-0.4, -0.2) is 6.54 Å². The fourth-order valence-electron chi connectivity index (χ4n) is 3.11. The van der Waals surface area contributed by atoms with Crippen molar-refractivity contribution in [2.24, 2.45) is 5.92 Å². The summed E-state index contributed by atoms with van der Waals surface area (Å²) in [5.74, 6) is 0.819. The fourth-order valence-corrected chi connectivity index (χ4v) is 3.35. The molecule has 2 rings (SSSR count). The molecule has 1 saturated carbocycles. The van der Waals surface area contributed by atoms with Crippen molar-refractivity contribution in [3.8, 4) is 0 Å². The third kappa shape index (κ3) is 3.36. The number of nitrogens with one attached hydrogen (secondary N) is 1. The molecule has 0 spiro atoms. The number of hydrogen-bond acceptors (Lipinski definition) is 1. The van der Waals surface area contributed by atoms with E-state index in [-0.39, 0.29) is 0 Å². The molecule has 0 amide bonds. The molecule has 18 heavy (non-hydrogen) atoms. The Morgan fingerprint density at radius 2 is 2.00 bits per heavy atom. The van der Waals surface area contributed by atoms with Crippen molar-refractivity contribution >= 4 is 15.9 Å². The van der Waals surface area contributed by atoms with E-state index in [0.29, 0.717) is 6.04 Å². The van der Waals surface area contributed by atoms with Crippen LogP contribution in [0.2, 0.25) is 0 Å². The van der Waals surface area contributed by atoms with Crippen molar-refractivity contribution in [2.75, 3.05) is 6.54 Å². The standard InChI is InChI=1S/C16H24BrN/c1-3-18-16(13-7-5-4-6-8-13)14-9-10-15(17)12(2)11-14/h9-11,13,16,18H,3-8H2,1-2H3. The minimum absolute atomic E-state index is 0.544. The zero-order valence-electron chi connectivity index (χ0n) is 11.5. The molecule has 0 saturated heterocycles. The molecule has 100 valence electrons. The van der Waals surface area contributed by atoms with Crippen LogP contribution in [0, 0.1) is 12.8 Å². The molecule has 2 heteroatoms. The predicted octanol–water partition coefficient (Wildman–Crippen LogP) is 4.99. The maximum absolute atomic E-state index is 3.70. The van der Waals surface area contributed by atoms with E-state index in [1.54, 1.807) is 0 Å². The average molecular weight is 310 g/mol. The molecule has 0 aliphatic heterocycles. The first-order valence-corrected chi connectivity index (χ1v) is 8.01. The van der Waals surface area contributed by atoms with Gasteiger partial charge in [-0.05, 0) is 49.4 Å². The molecule has 1 aliphatic carbocycles. The van der Waals surface area contributed by atoms with E-state index in [1.165, 1.54) is 47.7 Å². The van der Waals surface area contributed by atoms with E-state index in [1.807, 2.05) is 0 Å². The summed E-state index contributed by atoms with van der Waals surface area (Å²) in [4.78, 5) is 0. The summed E-state index contributed by atoms with van der Waals surface area (Å²) in [7, 11) is 0. The van der Waals surface area contributed by atoms with Gasteiger partial charge in [0.15, 0.2) is 0 Å². The Balaban J connectivity index is 2.19. The number of aryl methyl sites for hydroxylation is 1. The topological polar surface area (TPSA) is 12.0 Å². The van der Waals surface area contributed by atoms with Crippen LogP contribution < -0.4 is 5.32 Å². The van der Waals surface area contributed by atoms with Crippen LogP contribution in [0.1, 0.15) is 56.2 Å². The fraction of sp³-hybridized carbons (Fsp3) is 0.625. The SMILES string of the molecule is CCNC(c1ccc(Br)c(C)c1)C1CCCCC1. The maximum Gasteiger partial charge on any atom is 0.0348 e. The second-order valence-electron chi connectivity index (χ2n) is 5.44. The molecule has 0 heterocycles. The summed E-state index contributed by atoms with van der Waals surface area (Å²) in [6.45, 7) is 5.44. The van der Waals surface area contributed by atoms with E-state index in [4.69, 9.17) is 0 Å². The zero-order chi connectivity index (χ0) is 13.0. The van der Waals surface area contributed by atoms with Gasteiger partial charge in [0, 0.05) is 10.5 Å². The van der Waals surface area contributed by atoms with E-state index in [0.717, 1.165) is 12.5 Å². The first-order chi connectivity index (χ1) is 8.72. The predicted molar refractivity (Wildman–Crippen MR) is 81.9 cm³/mol. The Kier molecular flexibility index (Phi) is 5.25. The van der Waals surface area contributed by atoms with Gasteiger partial charge in [0.05, 0.1) is 0 Å². The third-order valence-electron chi connectivity index (χ3n) is 4.09. The number of halogens is 1. The van der Waals surface area contributed by atoms with Gasteiger partial charge in [-0.2, -0.15) is 0 Å². The highest BCUT2D eigenvalue weighted by molar-refractivity contribution is 9.10. The number of hydrogen-bond donors (Lipinski definition) is 1. The monoisotopic (exact) mass is 309 g/mol.